The Hall–Kier alpha value is -1.78. The molecule has 0 aliphatic carbocycles. The van der Waals surface area contributed by atoms with Crippen molar-refractivity contribution in [2.24, 2.45) is 5.92 Å². The quantitative estimate of drug-likeness (QED) is 0.646. The van der Waals surface area contributed by atoms with Crippen LogP contribution < -0.4 is 0 Å². The van der Waals surface area contributed by atoms with Crippen LogP contribution in [0.2, 0.25) is 0 Å². The topological polar surface area (TPSA) is 83.7 Å². The van der Waals surface area contributed by atoms with Gasteiger partial charge < -0.3 is 9.42 Å². The van der Waals surface area contributed by atoms with Gasteiger partial charge in [0.25, 0.3) is 0 Å². The number of amides is 1. The van der Waals surface area contributed by atoms with Gasteiger partial charge >= 0.3 is 0 Å². The van der Waals surface area contributed by atoms with E-state index in [1.807, 2.05) is 0 Å². The lowest BCUT2D eigenvalue weighted by molar-refractivity contribution is -0.135. The van der Waals surface area contributed by atoms with E-state index in [2.05, 4.69) is 21.1 Å². The van der Waals surface area contributed by atoms with Crippen molar-refractivity contribution in [3.8, 4) is 0 Å². The summed E-state index contributed by atoms with van der Waals surface area (Å²) in [5, 5.41) is 3.73. The lowest BCUT2D eigenvalue weighted by atomic mass is 9.98. The van der Waals surface area contributed by atoms with Gasteiger partial charge in [-0.25, -0.2) is 12.8 Å². The van der Waals surface area contributed by atoms with E-state index in [1.165, 1.54) is 15.3 Å². The monoisotopic (exact) mass is 487 g/mol. The molecule has 0 bridgehead atoms. The van der Waals surface area contributed by atoms with Gasteiger partial charge in [0.05, 0.1) is 5.92 Å². The lowest BCUT2D eigenvalue weighted by Gasteiger charge is -2.33. The maximum Gasteiger partial charge on any atom is 0.248 e. The summed E-state index contributed by atoms with van der Waals surface area (Å²) in [6, 6.07) is 4.57. The minimum atomic E-state index is -3.80. The van der Waals surface area contributed by atoms with E-state index in [1.54, 1.807) is 33.0 Å². The maximum absolute atomic E-state index is 14.0. The summed E-state index contributed by atoms with van der Waals surface area (Å²) in [7, 11) is -2.20. The van der Waals surface area contributed by atoms with Gasteiger partial charge in [-0.3, -0.25) is 4.79 Å². The highest BCUT2D eigenvalue weighted by atomic mass is 79.9. The highest BCUT2D eigenvalue weighted by molar-refractivity contribution is 9.10. The molecule has 1 saturated heterocycles. The summed E-state index contributed by atoms with van der Waals surface area (Å²) in [5.41, 5.74) is 0.699. The standard InChI is InChI=1S/C19H23BrFN3O4S/c1-12-18(13(2)28-22-12)29(26,27)24-8-4-5-14(11-24)19(25)23(3)10-15-9-16(20)6-7-17(15)21/h6-7,9,14H,4-5,8,10-11H2,1-3H3. The van der Waals surface area contributed by atoms with Crippen LogP contribution in [-0.2, 0) is 21.4 Å². The first-order valence-corrected chi connectivity index (χ1v) is 11.5. The number of aryl methyl sites for hydroxylation is 2. The van der Waals surface area contributed by atoms with Gasteiger partial charge in [-0.2, -0.15) is 4.31 Å². The summed E-state index contributed by atoms with van der Waals surface area (Å²) in [6.07, 6.45) is 1.15. The van der Waals surface area contributed by atoms with Crippen LogP contribution in [0.1, 0.15) is 29.9 Å². The number of hydrogen-bond acceptors (Lipinski definition) is 5. The van der Waals surface area contributed by atoms with Crippen LogP contribution in [0.5, 0.6) is 0 Å². The van der Waals surface area contributed by atoms with E-state index in [0.29, 0.717) is 30.6 Å². The molecule has 3 rings (SSSR count). The molecule has 1 aromatic heterocycles. The summed E-state index contributed by atoms with van der Waals surface area (Å²) < 4.78 is 47.2. The van der Waals surface area contributed by atoms with Crippen LogP contribution in [-0.4, -0.2) is 48.8 Å². The fourth-order valence-corrected chi connectivity index (χ4v) is 5.87. The molecule has 0 N–H and O–H groups in total. The molecule has 1 aliphatic rings. The number of benzene rings is 1. The Morgan fingerprint density at radius 2 is 2.14 bits per heavy atom. The minimum Gasteiger partial charge on any atom is -0.360 e. The maximum atomic E-state index is 14.0. The van der Waals surface area contributed by atoms with Crippen LogP contribution in [0.4, 0.5) is 4.39 Å². The molecule has 158 valence electrons. The van der Waals surface area contributed by atoms with Gasteiger partial charge in [0.15, 0.2) is 5.76 Å². The molecule has 1 amide bonds. The Balaban J connectivity index is 1.74. The van der Waals surface area contributed by atoms with E-state index in [-0.39, 0.29) is 35.5 Å². The number of sulfonamides is 1. The number of piperidine rings is 1. The fraction of sp³-hybridized carbons (Fsp3) is 0.474. The van der Waals surface area contributed by atoms with Crippen molar-refractivity contribution < 1.29 is 22.1 Å². The second-order valence-electron chi connectivity index (χ2n) is 7.29. The number of carbonyl (C=O) groups is 1. The number of rotatable bonds is 5. The molecule has 0 radical (unpaired) electrons. The Labute approximate surface area is 178 Å². The number of halogens is 2. The second-order valence-corrected chi connectivity index (χ2v) is 10.1. The average molecular weight is 488 g/mol. The third-order valence-corrected chi connectivity index (χ3v) is 7.69. The van der Waals surface area contributed by atoms with Crippen molar-refractivity contribution in [2.75, 3.05) is 20.1 Å². The number of nitrogens with zero attached hydrogens (tertiary/aromatic N) is 3. The molecular weight excluding hydrogens is 465 g/mol. The summed E-state index contributed by atoms with van der Waals surface area (Å²) in [6.45, 7) is 3.66. The second kappa shape index (κ2) is 8.53. The van der Waals surface area contributed by atoms with Crippen molar-refractivity contribution in [3.05, 3.63) is 45.5 Å². The van der Waals surface area contributed by atoms with Gasteiger partial charge in [0, 0.05) is 36.7 Å². The van der Waals surface area contributed by atoms with Crippen LogP contribution in [0, 0.1) is 25.6 Å². The number of carbonyl (C=O) groups excluding carboxylic acids is 1. The SMILES string of the molecule is Cc1noc(C)c1S(=O)(=O)N1CCCC(C(=O)N(C)Cc2cc(Br)ccc2F)C1. The van der Waals surface area contributed by atoms with E-state index < -0.39 is 15.9 Å². The molecule has 1 aliphatic heterocycles. The number of aromatic nitrogens is 1. The first kappa shape index (κ1) is 21.9. The third kappa shape index (κ3) is 4.54. The molecule has 1 fully saturated rings. The zero-order valence-corrected chi connectivity index (χ0v) is 18.9. The van der Waals surface area contributed by atoms with Gasteiger partial charge in [-0.1, -0.05) is 21.1 Å². The van der Waals surface area contributed by atoms with E-state index in [4.69, 9.17) is 4.52 Å². The third-order valence-electron chi connectivity index (χ3n) is 5.09. The molecule has 1 atom stereocenters. The number of hydrogen-bond donors (Lipinski definition) is 0. The largest absolute Gasteiger partial charge is 0.360 e. The molecule has 1 aromatic carbocycles. The normalized spacial score (nSPS) is 18.0. The zero-order chi connectivity index (χ0) is 21.3. The molecule has 0 spiro atoms. The van der Waals surface area contributed by atoms with Crippen molar-refractivity contribution in [1.29, 1.82) is 0 Å². The smallest absolute Gasteiger partial charge is 0.248 e. The predicted octanol–water partition coefficient (Wildman–Crippen LogP) is 3.25. The van der Waals surface area contributed by atoms with E-state index in [0.717, 1.165) is 4.47 Å². The Morgan fingerprint density at radius 3 is 2.79 bits per heavy atom. The summed E-state index contributed by atoms with van der Waals surface area (Å²) >= 11 is 3.30. The summed E-state index contributed by atoms with van der Waals surface area (Å²) in [5.74, 6) is -0.848. The molecule has 2 aromatic rings. The van der Waals surface area contributed by atoms with Crippen molar-refractivity contribution >= 4 is 31.9 Å². The van der Waals surface area contributed by atoms with Crippen LogP contribution in [0.15, 0.2) is 32.1 Å². The Morgan fingerprint density at radius 1 is 1.41 bits per heavy atom. The fourth-order valence-electron chi connectivity index (χ4n) is 3.64. The Bertz CT molecular complexity index is 1000. The van der Waals surface area contributed by atoms with Crippen LogP contribution in [0.3, 0.4) is 0 Å². The molecule has 10 heteroatoms. The molecular formula is C19H23BrFN3O4S. The predicted molar refractivity (Wildman–Crippen MR) is 108 cm³/mol. The van der Waals surface area contributed by atoms with Gasteiger partial charge in [-0.05, 0) is 44.9 Å². The van der Waals surface area contributed by atoms with Gasteiger partial charge in [0.1, 0.15) is 16.4 Å². The van der Waals surface area contributed by atoms with Crippen molar-refractivity contribution in [1.82, 2.24) is 14.4 Å². The highest BCUT2D eigenvalue weighted by Gasteiger charge is 2.37. The lowest BCUT2D eigenvalue weighted by Crippen LogP contribution is -2.45. The van der Waals surface area contributed by atoms with Gasteiger partial charge in [-0.15, -0.1) is 0 Å². The average Bonchev–Trinajstić information content (AvgIpc) is 3.03. The molecule has 7 nitrogen and oxygen atoms in total. The molecule has 1 unspecified atom stereocenters. The first-order chi connectivity index (χ1) is 13.6. The Kier molecular flexibility index (Phi) is 6.45. The van der Waals surface area contributed by atoms with E-state index in [9.17, 15) is 17.6 Å². The summed E-state index contributed by atoms with van der Waals surface area (Å²) in [4.78, 5) is 14.4. The first-order valence-electron chi connectivity index (χ1n) is 9.23. The highest BCUT2D eigenvalue weighted by Crippen LogP contribution is 2.28. The molecule has 29 heavy (non-hydrogen) atoms. The van der Waals surface area contributed by atoms with Crippen molar-refractivity contribution in [2.45, 2.75) is 38.1 Å². The van der Waals surface area contributed by atoms with Crippen LogP contribution >= 0.6 is 15.9 Å². The zero-order valence-electron chi connectivity index (χ0n) is 16.5. The molecule has 2 heterocycles. The minimum absolute atomic E-state index is 0.0650. The van der Waals surface area contributed by atoms with E-state index >= 15 is 0 Å². The molecule has 0 saturated carbocycles. The van der Waals surface area contributed by atoms with Gasteiger partial charge in [0.2, 0.25) is 15.9 Å². The van der Waals surface area contributed by atoms with Crippen LogP contribution in [0.25, 0.3) is 0 Å². The van der Waals surface area contributed by atoms with Crippen molar-refractivity contribution in [3.63, 3.8) is 0 Å².